The Labute approximate surface area is 187 Å². The smallest absolute Gasteiger partial charge is 0.328 e. The lowest BCUT2D eigenvalue weighted by molar-refractivity contribution is 0.0953. The number of H-pyrrole nitrogens is 1. The van der Waals surface area contributed by atoms with Crippen LogP contribution in [0.1, 0.15) is 29.2 Å². The highest BCUT2D eigenvalue weighted by Crippen LogP contribution is 2.25. The van der Waals surface area contributed by atoms with Gasteiger partial charge in [-0.2, -0.15) is 0 Å². The van der Waals surface area contributed by atoms with E-state index in [2.05, 4.69) is 27.1 Å². The van der Waals surface area contributed by atoms with Crippen LogP contribution in [0.5, 0.6) is 0 Å². The third kappa shape index (κ3) is 4.05. The zero-order chi connectivity index (χ0) is 23.0. The van der Waals surface area contributed by atoms with Crippen LogP contribution in [-0.2, 0) is 13.1 Å². The molecular formula is C21H25FN6O3S. The quantitative estimate of drug-likeness (QED) is 0.596. The molecule has 170 valence electrons. The van der Waals surface area contributed by atoms with Crippen molar-refractivity contribution in [2.75, 3.05) is 31.6 Å². The predicted octanol–water partition coefficient (Wildman–Crippen LogP) is 1.38. The van der Waals surface area contributed by atoms with Gasteiger partial charge in [-0.1, -0.05) is 0 Å². The number of fused-ring (bicyclic) bond motifs is 1. The van der Waals surface area contributed by atoms with E-state index in [-0.39, 0.29) is 23.0 Å². The number of hydrogen-bond acceptors (Lipinski definition) is 7. The van der Waals surface area contributed by atoms with Gasteiger partial charge in [0.25, 0.3) is 11.5 Å². The fraction of sp³-hybridized carbons (Fsp3) is 0.429. The summed E-state index contributed by atoms with van der Waals surface area (Å²) in [6, 6.07) is 3.39. The molecule has 32 heavy (non-hydrogen) atoms. The number of nitrogens with zero attached hydrogens (tertiary/aromatic N) is 4. The molecule has 0 aliphatic carbocycles. The van der Waals surface area contributed by atoms with Crippen molar-refractivity contribution in [2.45, 2.75) is 33.0 Å². The Morgan fingerprint density at radius 2 is 2.12 bits per heavy atom. The minimum atomic E-state index is -0.645. The lowest BCUT2D eigenvalue weighted by Crippen LogP contribution is -2.51. The Balaban J connectivity index is 1.48. The van der Waals surface area contributed by atoms with Crippen LogP contribution in [0.2, 0.25) is 0 Å². The molecule has 1 saturated heterocycles. The number of carbonyl (C=O) groups is 1. The van der Waals surface area contributed by atoms with E-state index in [1.807, 2.05) is 11.0 Å². The van der Waals surface area contributed by atoms with Crippen molar-refractivity contribution >= 4 is 33.1 Å². The first-order valence-corrected chi connectivity index (χ1v) is 11.3. The molecule has 0 spiro atoms. The molecule has 9 nitrogen and oxygen atoms in total. The van der Waals surface area contributed by atoms with E-state index in [9.17, 15) is 18.8 Å². The van der Waals surface area contributed by atoms with E-state index in [1.165, 1.54) is 35.2 Å². The van der Waals surface area contributed by atoms with E-state index in [1.54, 1.807) is 6.92 Å². The summed E-state index contributed by atoms with van der Waals surface area (Å²) in [7, 11) is 1.44. The first kappa shape index (κ1) is 22.2. The number of aromatic nitrogens is 3. The summed E-state index contributed by atoms with van der Waals surface area (Å²) in [6.45, 7) is 6.93. The molecule has 3 aromatic heterocycles. The van der Waals surface area contributed by atoms with Crippen LogP contribution in [-0.4, -0.2) is 58.1 Å². The number of anilines is 1. The molecular weight excluding hydrogens is 435 g/mol. The van der Waals surface area contributed by atoms with Crippen molar-refractivity contribution in [3.8, 4) is 0 Å². The Hall–Kier alpha value is -3.05. The second kappa shape index (κ2) is 8.83. The highest BCUT2D eigenvalue weighted by Gasteiger charge is 2.26. The second-order valence-corrected chi connectivity index (χ2v) is 8.94. The van der Waals surface area contributed by atoms with Gasteiger partial charge in [0.05, 0.1) is 17.4 Å². The van der Waals surface area contributed by atoms with Gasteiger partial charge in [-0.25, -0.2) is 14.2 Å². The molecule has 2 N–H and O–H groups in total. The van der Waals surface area contributed by atoms with Crippen LogP contribution in [0.4, 0.5) is 10.1 Å². The fourth-order valence-corrected chi connectivity index (χ4v) is 5.09. The third-order valence-corrected chi connectivity index (χ3v) is 6.89. The SMILES string of the molecule is CCn1c(=O)[nH]c2cc(CN3CCN(c4cnc(C(=O)NC)c(F)c4)CC3C)sc2c1=O. The van der Waals surface area contributed by atoms with Gasteiger partial charge in [0.2, 0.25) is 0 Å². The van der Waals surface area contributed by atoms with Gasteiger partial charge < -0.3 is 15.2 Å². The highest BCUT2D eigenvalue weighted by atomic mass is 32.1. The molecule has 1 fully saturated rings. The molecule has 4 rings (SSSR count). The molecule has 1 amide bonds. The molecule has 0 bridgehead atoms. The Morgan fingerprint density at radius 1 is 1.34 bits per heavy atom. The zero-order valence-corrected chi connectivity index (χ0v) is 19.0. The summed E-state index contributed by atoms with van der Waals surface area (Å²) in [6.07, 6.45) is 1.52. The van der Waals surface area contributed by atoms with Crippen molar-refractivity contribution in [3.63, 3.8) is 0 Å². The monoisotopic (exact) mass is 460 g/mol. The van der Waals surface area contributed by atoms with Crippen molar-refractivity contribution < 1.29 is 9.18 Å². The van der Waals surface area contributed by atoms with E-state index >= 15 is 0 Å². The molecule has 0 saturated carbocycles. The number of aromatic amines is 1. The average molecular weight is 461 g/mol. The van der Waals surface area contributed by atoms with Gasteiger partial charge in [0, 0.05) is 56.8 Å². The normalized spacial score (nSPS) is 17.1. The van der Waals surface area contributed by atoms with Gasteiger partial charge in [0.15, 0.2) is 11.5 Å². The van der Waals surface area contributed by atoms with Crippen molar-refractivity contribution in [2.24, 2.45) is 0 Å². The predicted molar refractivity (Wildman–Crippen MR) is 122 cm³/mol. The minimum Gasteiger partial charge on any atom is -0.367 e. The van der Waals surface area contributed by atoms with E-state index < -0.39 is 11.7 Å². The van der Waals surface area contributed by atoms with Crippen molar-refractivity contribution in [1.29, 1.82) is 0 Å². The van der Waals surface area contributed by atoms with E-state index in [0.717, 1.165) is 11.4 Å². The molecule has 1 unspecified atom stereocenters. The summed E-state index contributed by atoms with van der Waals surface area (Å²) >= 11 is 1.41. The third-order valence-electron chi connectivity index (χ3n) is 5.78. The summed E-state index contributed by atoms with van der Waals surface area (Å²) in [5.74, 6) is -1.20. The summed E-state index contributed by atoms with van der Waals surface area (Å²) in [4.78, 5) is 48.4. The molecule has 0 aromatic carbocycles. The largest absolute Gasteiger partial charge is 0.367 e. The van der Waals surface area contributed by atoms with Gasteiger partial charge in [-0.3, -0.25) is 19.1 Å². The molecule has 1 atom stereocenters. The van der Waals surface area contributed by atoms with Crippen LogP contribution in [0.25, 0.3) is 10.2 Å². The topological polar surface area (TPSA) is 103 Å². The molecule has 3 aromatic rings. The number of nitrogens with one attached hydrogen (secondary N) is 2. The van der Waals surface area contributed by atoms with Gasteiger partial charge >= 0.3 is 5.69 Å². The number of hydrogen-bond donors (Lipinski definition) is 2. The molecule has 1 aliphatic rings. The lowest BCUT2D eigenvalue weighted by atomic mass is 10.1. The number of halogens is 1. The van der Waals surface area contributed by atoms with Crippen LogP contribution in [0.15, 0.2) is 27.9 Å². The highest BCUT2D eigenvalue weighted by molar-refractivity contribution is 7.18. The molecule has 11 heteroatoms. The van der Waals surface area contributed by atoms with Crippen LogP contribution in [0.3, 0.4) is 0 Å². The molecule has 1 aliphatic heterocycles. The second-order valence-electron chi connectivity index (χ2n) is 7.80. The van der Waals surface area contributed by atoms with Crippen LogP contribution in [0, 0.1) is 5.82 Å². The van der Waals surface area contributed by atoms with Gasteiger partial charge in [-0.05, 0) is 19.9 Å². The van der Waals surface area contributed by atoms with Crippen molar-refractivity contribution in [3.05, 3.63) is 55.6 Å². The Kier molecular flexibility index (Phi) is 6.11. The number of carbonyl (C=O) groups excluding carboxylic acids is 1. The first-order valence-electron chi connectivity index (χ1n) is 10.4. The maximum absolute atomic E-state index is 14.3. The number of pyridine rings is 1. The maximum atomic E-state index is 14.3. The number of amides is 1. The average Bonchev–Trinajstić information content (AvgIpc) is 3.17. The Morgan fingerprint density at radius 3 is 2.78 bits per heavy atom. The van der Waals surface area contributed by atoms with E-state index in [0.29, 0.717) is 42.1 Å². The number of rotatable bonds is 5. The summed E-state index contributed by atoms with van der Waals surface area (Å²) in [5, 5.41) is 2.38. The minimum absolute atomic E-state index is 0.169. The van der Waals surface area contributed by atoms with E-state index in [4.69, 9.17) is 0 Å². The molecule has 0 radical (unpaired) electrons. The Bertz CT molecular complexity index is 1280. The number of piperazine rings is 1. The van der Waals surface area contributed by atoms with Crippen LogP contribution >= 0.6 is 11.3 Å². The standard InChI is InChI=1S/C21H25FN6O3S/c1-4-28-20(30)18-16(25-21(28)31)8-14(32-18)11-26-5-6-27(10-12(26)2)13-7-15(22)17(24-9-13)19(29)23-3/h7-9,12H,4-6,10-11H2,1-3H3,(H,23,29)(H,25,31). The first-order chi connectivity index (χ1) is 15.3. The summed E-state index contributed by atoms with van der Waals surface area (Å²) < 4.78 is 16.1. The van der Waals surface area contributed by atoms with Gasteiger partial charge in [0.1, 0.15) is 4.70 Å². The van der Waals surface area contributed by atoms with Gasteiger partial charge in [-0.15, -0.1) is 11.3 Å². The number of thiophene rings is 1. The fourth-order valence-electron chi connectivity index (χ4n) is 4.01. The molecule has 4 heterocycles. The lowest BCUT2D eigenvalue weighted by Gasteiger charge is -2.40. The van der Waals surface area contributed by atoms with Crippen molar-refractivity contribution in [1.82, 2.24) is 24.8 Å². The summed E-state index contributed by atoms with van der Waals surface area (Å²) in [5.41, 5.74) is 0.359. The maximum Gasteiger partial charge on any atom is 0.328 e. The van der Waals surface area contributed by atoms with Crippen LogP contribution < -0.4 is 21.5 Å². The zero-order valence-electron chi connectivity index (χ0n) is 18.1.